The minimum absolute atomic E-state index is 0. The second kappa shape index (κ2) is 15.2. The third kappa shape index (κ3) is 7.08. The first-order valence-corrected chi connectivity index (χ1v) is 16.8. The first-order chi connectivity index (χ1) is 21.7. The standard InChI is InChI=1S/C24H24N.C18H22N.C2H6.Ir/c1-13-11-22(24-17(5)15(3)16(4)18(6)25-24)21-12-19-9-7-8-10-20(19)23(21)14(13)2;1-10-8-12(3)17(9-11(10)2)18-15(6)13(4)14(5)16(7)19-18;1-2;/h7-10H,12H2,1-6H3;8H,1-7H3;1-2H3;/q2*-1;;. The van der Waals surface area contributed by atoms with Crippen molar-refractivity contribution < 1.29 is 20.1 Å². The van der Waals surface area contributed by atoms with Gasteiger partial charge in [-0.25, -0.2) is 0 Å². The molecule has 0 aliphatic heterocycles. The van der Waals surface area contributed by atoms with Crippen LogP contribution < -0.4 is 0 Å². The molecule has 3 aromatic carbocycles. The van der Waals surface area contributed by atoms with E-state index in [0.29, 0.717) is 0 Å². The van der Waals surface area contributed by atoms with Crippen molar-refractivity contribution in [3.05, 3.63) is 126 Å². The van der Waals surface area contributed by atoms with Crippen LogP contribution >= 0.6 is 0 Å². The summed E-state index contributed by atoms with van der Waals surface area (Å²) in [7, 11) is 0. The number of hydrogen-bond acceptors (Lipinski definition) is 2. The maximum atomic E-state index is 4.98. The van der Waals surface area contributed by atoms with Crippen molar-refractivity contribution in [3.63, 3.8) is 0 Å². The Hall–Kier alpha value is -3.39. The van der Waals surface area contributed by atoms with Crippen LogP contribution in [0.1, 0.15) is 97.6 Å². The molecule has 1 aliphatic carbocycles. The predicted octanol–water partition coefficient (Wildman–Crippen LogP) is 11.7. The van der Waals surface area contributed by atoms with E-state index in [0.717, 1.165) is 34.8 Å². The number of hydrogen-bond donors (Lipinski definition) is 0. The second-order valence-electron chi connectivity index (χ2n) is 12.9. The van der Waals surface area contributed by atoms with Crippen LogP contribution in [-0.4, -0.2) is 9.97 Å². The van der Waals surface area contributed by atoms with Crippen molar-refractivity contribution in [2.75, 3.05) is 0 Å². The van der Waals surface area contributed by atoms with E-state index in [-0.39, 0.29) is 20.1 Å². The molecular formula is C44H52IrN2-2. The van der Waals surface area contributed by atoms with Crippen LogP contribution in [0.3, 0.4) is 0 Å². The summed E-state index contributed by atoms with van der Waals surface area (Å²) in [6.45, 7) is 32.0. The Balaban J connectivity index is 0.000000246. The van der Waals surface area contributed by atoms with Crippen molar-refractivity contribution in [1.29, 1.82) is 0 Å². The number of nitrogens with zero attached hydrogens (tertiary/aromatic N) is 2. The Morgan fingerprint density at radius 1 is 0.532 bits per heavy atom. The molecule has 249 valence electrons. The Morgan fingerprint density at radius 2 is 1.02 bits per heavy atom. The summed E-state index contributed by atoms with van der Waals surface area (Å²) in [5, 5.41) is 0. The molecule has 0 bridgehead atoms. The van der Waals surface area contributed by atoms with E-state index in [1.54, 1.807) is 0 Å². The Kier molecular flexibility index (Phi) is 12.3. The molecule has 5 aromatic rings. The van der Waals surface area contributed by atoms with Gasteiger partial charge < -0.3 is 9.97 Å². The molecule has 0 unspecified atom stereocenters. The predicted molar refractivity (Wildman–Crippen MR) is 198 cm³/mol. The number of benzene rings is 3. The first-order valence-electron chi connectivity index (χ1n) is 16.8. The van der Waals surface area contributed by atoms with E-state index >= 15 is 0 Å². The number of fused-ring (bicyclic) bond motifs is 3. The van der Waals surface area contributed by atoms with Crippen molar-refractivity contribution in [1.82, 2.24) is 9.97 Å². The van der Waals surface area contributed by atoms with Gasteiger partial charge in [-0.2, -0.15) is 0 Å². The van der Waals surface area contributed by atoms with E-state index in [1.165, 1.54) is 89.0 Å². The van der Waals surface area contributed by atoms with Crippen LogP contribution in [0.15, 0.2) is 30.3 Å². The maximum Gasteiger partial charge on any atom is 0.0298 e. The largest absolute Gasteiger partial charge is 0.301 e. The summed E-state index contributed by atoms with van der Waals surface area (Å²) in [6.07, 6.45) is 0.978. The molecule has 0 saturated carbocycles. The van der Waals surface area contributed by atoms with E-state index in [1.807, 2.05) is 13.8 Å². The topological polar surface area (TPSA) is 25.8 Å². The summed E-state index contributed by atoms with van der Waals surface area (Å²) in [4.78, 5) is 9.79. The number of aromatic nitrogens is 2. The quantitative estimate of drug-likeness (QED) is 0.163. The zero-order valence-corrected chi connectivity index (χ0v) is 33.7. The van der Waals surface area contributed by atoms with Gasteiger partial charge in [0.2, 0.25) is 0 Å². The van der Waals surface area contributed by atoms with Crippen molar-refractivity contribution in [3.8, 4) is 33.6 Å². The van der Waals surface area contributed by atoms with Crippen LogP contribution in [0.2, 0.25) is 0 Å². The minimum Gasteiger partial charge on any atom is -0.301 e. The fourth-order valence-corrected chi connectivity index (χ4v) is 6.50. The second-order valence-corrected chi connectivity index (χ2v) is 12.9. The number of aryl methyl sites for hydroxylation is 6. The fourth-order valence-electron chi connectivity index (χ4n) is 6.50. The molecule has 0 amide bonds. The molecule has 1 aliphatic rings. The van der Waals surface area contributed by atoms with Crippen LogP contribution in [0, 0.1) is 102 Å². The normalized spacial score (nSPS) is 11.0. The van der Waals surface area contributed by atoms with E-state index in [4.69, 9.17) is 9.97 Å². The molecule has 6 rings (SSSR count). The summed E-state index contributed by atoms with van der Waals surface area (Å²) in [5.41, 5.74) is 26.5. The van der Waals surface area contributed by atoms with Crippen molar-refractivity contribution in [2.24, 2.45) is 0 Å². The molecule has 2 nitrogen and oxygen atoms in total. The molecule has 3 heteroatoms. The molecule has 0 N–H and O–H groups in total. The van der Waals surface area contributed by atoms with Gasteiger partial charge in [0.1, 0.15) is 0 Å². The first kappa shape index (κ1) is 38.1. The van der Waals surface area contributed by atoms with Gasteiger partial charge in [0.15, 0.2) is 0 Å². The molecule has 0 atom stereocenters. The van der Waals surface area contributed by atoms with Gasteiger partial charge in [0.05, 0.1) is 0 Å². The SMILES string of the molecule is CC.Cc1[c-]c(-c2nc(C)c(C)c(C)c2C)c(C)cc1C.Cc1[c-]c(-c2nc(C)c(C)c(C)c2C)c2c(c1C)-c1ccccc1C2.[Ir]. The molecule has 0 saturated heterocycles. The van der Waals surface area contributed by atoms with Gasteiger partial charge in [-0.1, -0.05) is 101 Å². The Morgan fingerprint density at radius 3 is 1.57 bits per heavy atom. The fraction of sp³-hybridized carbons (Fsp3) is 0.364. The van der Waals surface area contributed by atoms with Gasteiger partial charge in [-0.15, -0.1) is 62.7 Å². The number of rotatable bonds is 2. The van der Waals surface area contributed by atoms with Gasteiger partial charge in [-0.3, -0.25) is 0 Å². The number of pyridine rings is 2. The van der Waals surface area contributed by atoms with Crippen molar-refractivity contribution in [2.45, 2.75) is 110 Å². The third-order valence-electron chi connectivity index (χ3n) is 10.3. The molecule has 47 heavy (non-hydrogen) atoms. The summed E-state index contributed by atoms with van der Waals surface area (Å²) < 4.78 is 0. The van der Waals surface area contributed by atoms with Gasteiger partial charge in [0.25, 0.3) is 0 Å². The van der Waals surface area contributed by atoms with E-state index in [2.05, 4.69) is 132 Å². The van der Waals surface area contributed by atoms with Crippen LogP contribution in [-0.2, 0) is 26.5 Å². The molecule has 0 spiro atoms. The molecule has 2 heterocycles. The van der Waals surface area contributed by atoms with Crippen molar-refractivity contribution >= 4 is 0 Å². The smallest absolute Gasteiger partial charge is 0.0298 e. The van der Waals surface area contributed by atoms with Gasteiger partial charge in [-0.05, 0) is 95.5 Å². The van der Waals surface area contributed by atoms with E-state index < -0.39 is 0 Å². The molecule has 0 fully saturated rings. The molecular weight excluding hydrogens is 749 g/mol. The van der Waals surface area contributed by atoms with Crippen LogP contribution in [0.5, 0.6) is 0 Å². The summed E-state index contributed by atoms with van der Waals surface area (Å²) >= 11 is 0. The summed E-state index contributed by atoms with van der Waals surface area (Å²) in [5.74, 6) is 0. The summed E-state index contributed by atoms with van der Waals surface area (Å²) in [6, 6.07) is 18.2. The minimum atomic E-state index is 0. The van der Waals surface area contributed by atoms with Gasteiger partial charge >= 0.3 is 0 Å². The average molecular weight is 801 g/mol. The maximum absolute atomic E-state index is 4.98. The zero-order chi connectivity index (χ0) is 34.2. The zero-order valence-electron chi connectivity index (χ0n) is 31.3. The monoisotopic (exact) mass is 801 g/mol. The third-order valence-corrected chi connectivity index (χ3v) is 10.3. The van der Waals surface area contributed by atoms with Crippen LogP contribution in [0.4, 0.5) is 0 Å². The Bertz CT molecular complexity index is 1960. The van der Waals surface area contributed by atoms with Gasteiger partial charge in [0, 0.05) is 31.5 Å². The van der Waals surface area contributed by atoms with E-state index in [9.17, 15) is 0 Å². The molecule has 1 radical (unpaired) electrons. The average Bonchev–Trinajstić information content (AvgIpc) is 3.44. The molecule has 2 aromatic heterocycles. The Labute approximate surface area is 298 Å². The van der Waals surface area contributed by atoms with Crippen LogP contribution in [0.25, 0.3) is 33.6 Å².